The van der Waals surface area contributed by atoms with Gasteiger partial charge in [0.1, 0.15) is 0 Å². The molecule has 0 aromatic heterocycles. The Hall–Kier alpha value is -0.610. The van der Waals surface area contributed by atoms with Crippen LogP contribution < -0.4 is 0 Å². The molecule has 1 saturated heterocycles. The van der Waals surface area contributed by atoms with E-state index < -0.39 is 0 Å². The van der Waals surface area contributed by atoms with E-state index in [4.69, 9.17) is 0 Å². The molecule has 1 aliphatic heterocycles. The Kier molecular flexibility index (Phi) is 4.85. The first-order valence-corrected chi connectivity index (χ1v) is 7.67. The van der Waals surface area contributed by atoms with Gasteiger partial charge in [-0.3, -0.25) is 9.69 Å². The Bertz CT molecular complexity index is 311. The maximum Gasteiger partial charge on any atom is 0.236 e. The number of nitrogens with zero attached hydrogens (tertiary/aromatic N) is 3. The van der Waals surface area contributed by atoms with Gasteiger partial charge < -0.3 is 9.80 Å². The summed E-state index contributed by atoms with van der Waals surface area (Å²) < 4.78 is 0. The summed E-state index contributed by atoms with van der Waals surface area (Å²) in [4.78, 5) is 19.0. The summed E-state index contributed by atoms with van der Waals surface area (Å²) in [5.74, 6) is 2.00. The van der Waals surface area contributed by atoms with Gasteiger partial charge in [-0.15, -0.1) is 0 Å². The fourth-order valence-electron chi connectivity index (χ4n) is 2.74. The first-order chi connectivity index (χ1) is 8.97. The van der Waals surface area contributed by atoms with E-state index in [1.807, 2.05) is 4.90 Å². The molecule has 2 aliphatic rings. The van der Waals surface area contributed by atoms with Crippen LogP contribution in [-0.2, 0) is 4.79 Å². The lowest BCUT2D eigenvalue weighted by Crippen LogP contribution is -2.51. The fraction of sp³-hybridized carbons (Fsp3) is 0.933. The minimum absolute atomic E-state index is 0.315. The Morgan fingerprint density at radius 3 is 2.32 bits per heavy atom. The molecule has 0 aromatic carbocycles. The smallest absolute Gasteiger partial charge is 0.236 e. The molecule has 1 heterocycles. The highest BCUT2D eigenvalue weighted by molar-refractivity contribution is 5.78. The summed E-state index contributed by atoms with van der Waals surface area (Å²) in [6.07, 6.45) is 1.34. The maximum absolute atomic E-state index is 12.4. The number of carbonyl (C=O) groups is 1. The molecule has 1 saturated carbocycles. The zero-order valence-electron chi connectivity index (χ0n) is 12.9. The van der Waals surface area contributed by atoms with Crippen molar-refractivity contribution in [1.82, 2.24) is 14.7 Å². The Morgan fingerprint density at radius 2 is 1.84 bits per heavy atom. The SMILES string of the molecule is CC(C)N(CC(=O)N1CCN(C)CC1)C[C@@H]1C[C@@H]1C. The summed E-state index contributed by atoms with van der Waals surface area (Å²) >= 11 is 0. The van der Waals surface area contributed by atoms with Gasteiger partial charge >= 0.3 is 0 Å². The highest BCUT2D eigenvalue weighted by Gasteiger charge is 2.35. The second-order valence-electron chi connectivity index (χ2n) is 6.68. The van der Waals surface area contributed by atoms with Gasteiger partial charge in [-0.2, -0.15) is 0 Å². The minimum atomic E-state index is 0.315. The second kappa shape index (κ2) is 6.23. The van der Waals surface area contributed by atoms with Gasteiger partial charge in [0.2, 0.25) is 5.91 Å². The van der Waals surface area contributed by atoms with Gasteiger partial charge in [0.15, 0.2) is 0 Å². The van der Waals surface area contributed by atoms with Crippen LogP contribution in [0.15, 0.2) is 0 Å². The number of hydrogen-bond donors (Lipinski definition) is 0. The zero-order valence-corrected chi connectivity index (χ0v) is 12.9. The third kappa shape index (κ3) is 4.18. The highest BCUT2D eigenvalue weighted by Crippen LogP contribution is 2.38. The number of likely N-dealkylation sites (N-methyl/N-ethyl adjacent to an activating group) is 1. The topological polar surface area (TPSA) is 26.8 Å². The Morgan fingerprint density at radius 1 is 1.26 bits per heavy atom. The van der Waals surface area contributed by atoms with Crippen molar-refractivity contribution < 1.29 is 4.79 Å². The lowest BCUT2D eigenvalue weighted by Gasteiger charge is -2.35. The first kappa shape index (κ1) is 14.8. The first-order valence-electron chi connectivity index (χ1n) is 7.67. The van der Waals surface area contributed by atoms with E-state index in [2.05, 4.69) is 37.6 Å². The Balaban J connectivity index is 1.80. The van der Waals surface area contributed by atoms with Crippen molar-refractivity contribution in [3.63, 3.8) is 0 Å². The molecule has 0 unspecified atom stereocenters. The van der Waals surface area contributed by atoms with Gasteiger partial charge in [-0.1, -0.05) is 6.92 Å². The number of carbonyl (C=O) groups excluding carboxylic acids is 1. The molecule has 2 atom stereocenters. The summed E-state index contributed by atoms with van der Waals surface area (Å²) in [6, 6.07) is 0.462. The average Bonchev–Trinajstić information content (AvgIpc) is 3.04. The van der Waals surface area contributed by atoms with Gasteiger partial charge in [0, 0.05) is 38.8 Å². The molecule has 2 fully saturated rings. The molecule has 0 bridgehead atoms. The summed E-state index contributed by atoms with van der Waals surface area (Å²) in [6.45, 7) is 12.2. The molecule has 4 heteroatoms. The molecular weight excluding hydrogens is 238 g/mol. The molecule has 19 heavy (non-hydrogen) atoms. The number of rotatable bonds is 5. The highest BCUT2D eigenvalue weighted by atomic mass is 16.2. The number of amides is 1. The molecule has 2 rings (SSSR count). The monoisotopic (exact) mass is 267 g/mol. The third-order valence-electron chi connectivity index (χ3n) is 4.67. The molecule has 110 valence electrons. The maximum atomic E-state index is 12.4. The standard InChI is InChI=1S/C15H29N3O/c1-12(2)18(10-14-9-13(14)3)11-15(19)17-7-5-16(4)6-8-17/h12-14H,5-11H2,1-4H3/t13-,14-/m0/s1. The van der Waals surface area contributed by atoms with Crippen LogP contribution >= 0.6 is 0 Å². The minimum Gasteiger partial charge on any atom is -0.339 e. The normalized spacial score (nSPS) is 28.2. The zero-order chi connectivity index (χ0) is 14.0. The number of hydrogen-bond acceptors (Lipinski definition) is 3. The van der Waals surface area contributed by atoms with Crippen molar-refractivity contribution >= 4 is 5.91 Å². The second-order valence-corrected chi connectivity index (χ2v) is 6.68. The third-order valence-corrected chi connectivity index (χ3v) is 4.67. The molecule has 0 N–H and O–H groups in total. The molecule has 1 aliphatic carbocycles. The molecule has 4 nitrogen and oxygen atoms in total. The van der Waals surface area contributed by atoms with Crippen LogP contribution in [0.1, 0.15) is 27.2 Å². The predicted molar refractivity (Wildman–Crippen MR) is 78.1 cm³/mol. The van der Waals surface area contributed by atoms with Crippen molar-refractivity contribution in [1.29, 1.82) is 0 Å². The quantitative estimate of drug-likeness (QED) is 0.747. The molecule has 0 aromatic rings. The van der Waals surface area contributed by atoms with E-state index in [1.165, 1.54) is 6.42 Å². The lowest BCUT2D eigenvalue weighted by molar-refractivity contribution is -0.134. The molecule has 1 amide bonds. The summed E-state index contributed by atoms with van der Waals surface area (Å²) in [5, 5.41) is 0. The van der Waals surface area contributed by atoms with Crippen molar-refractivity contribution in [2.45, 2.75) is 33.2 Å². The summed E-state index contributed by atoms with van der Waals surface area (Å²) in [5.41, 5.74) is 0. The van der Waals surface area contributed by atoms with Crippen molar-refractivity contribution in [3.8, 4) is 0 Å². The van der Waals surface area contributed by atoms with Crippen molar-refractivity contribution in [3.05, 3.63) is 0 Å². The number of piperazine rings is 1. The molecular formula is C15H29N3O. The average molecular weight is 267 g/mol. The Labute approximate surface area is 117 Å². The van der Waals surface area contributed by atoms with Crippen LogP contribution in [-0.4, -0.2) is 73.0 Å². The molecule has 0 radical (unpaired) electrons. The van der Waals surface area contributed by atoms with Gasteiger partial charge in [0.05, 0.1) is 6.54 Å². The van der Waals surface area contributed by atoms with Crippen LogP contribution in [0.2, 0.25) is 0 Å². The van der Waals surface area contributed by atoms with Crippen molar-refractivity contribution in [2.75, 3.05) is 46.3 Å². The largest absolute Gasteiger partial charge is 0.339 e. The van der Waals surface area contributed by atoms with Crippen LogP contribution in [0.3, 0.4) is 0 Å². The van der Waals surface area contributed by atoms with Crippen LogP contribution in [0.5, 0.6) is 0 Å². The van der Waals surface area contributed by atoms with E-state index in [0.717, 1.165) is 44.6 Å². The van der Waals surface area contributed by atoms with Crippen molar-refractivity contribution in [2.24, 2.45) is 11.8 Å². The van der Waals surface area contributed by atoms with E-state index in [0.29, 0.717) is 18.5 Å². The summed E-state index contributed by atoms with van der Waals surface area (Å²) in [7, 11) is 2.12. The van der Waals surface area contributed by atoms with Gasteiger partial charge in [-0.25, -0.2) is 0 Å². The van der Waals surface area contributed by atoms with Crippen LogP contribution in [0, 0.1) is 11.8 Å². The van der Waals surface area contributed by atoms with Crippen LogP contribution in [0.25, 0.3) is 0 Å². The van der Waals surface area contributed by atoms with E-state index >= 15 is 0 Å². The van der Waals surface area contributed by atoms with E-state index in [1.54, 1.807) is 0 Å². The fourth-order valence-corrected chi connectivity index (χ4v) is 2.74. The predicted octanol–water partition coefficient (Wildman–Crippen LogP) is 1.13. The molecule has 0 spiro atoms. The van der Waals surface area contributed by atoms with Gasteiger partial charge in [0.25, 0.3) is 0 Å². The van der Waals surface area contributed by atoms with E-state index in [-0.39, 0.29) is 0 Å². The lowest BCUT2D eigenvalue weighted by atomic mass is 10.2. The van der Waals surface area contributed by atoms with E-state index in [9.17, 15) is 4.79 Å². The van der Waals surface area contributed by atoms with Crippen LogP contribution in [0.4, 0.5) is 0 Å². The van der Waals surface area contributed by atoms with Gasteiger partial charge in [-0.05, 0) is 39.2 Å².